The molecule has 1 amide bonds. The molecule has 5 nitrogen and oxygen atoms in total. The molecule has 0 saturated carbocycles. The fraction of sp³-hybridized carbons (Fsp3) is 0.172. The van der Waals surface area contributed by atoms with E-state index in [-0.39, 0.29) is 11.7 Å². The Morgan fingerprint density at radius 2 is 1.89 bits per heavy atom. The van der Waals surface area contributed by atoms with Gasteiger partial charge in [-0.15, -0.1) is 0 Å². The van der Waals surface area contributed by atoms with Crippen molar-refractivity contribution < 1.29 is 13.9 Å². The number of halogens is 1. The van der Waals surface area contributed by atoms with Gasteiger partial charge in [0.2, 0.25) is 0 Å². The summed E-state index contributed by atoms with van der Waals surface area (Å²) >= 11 is 1.38. The van der Waals surface area contributed by atoms with Gasteiger partial charge < -0.3 is 9.30 Å². The average molecular weight is 500 g/mol. The first-order valence-corrected chi connectivity index (χ1v) is 12.7. The van der Waals surface area contributed by atoms with Crippen molar-refractivity contribution in [1.29, 1.82) is 0 Å². The largest absolute Gasteiger partial charge is 0.380 e. The van der Waals surface area contributed by atoms with Crippen molar-refractivity contribution in [2.45, 2.75) is 13.5 Å². The summed E-state index contributed by atoms with van der Waals surface area (Å²) in [4.78, 5) is 20.3. The van der Waals surface area contributed by atoms with Gasteiger partial charge >= 0.3 is 0 Å². The fourth-order valence-electron chi connectivity index (χ4n) is 4.13. The number of benzene rings is 3. The third-order valence-electron chi connectivity index (χ3n) is 5.87. The highest BCUT2D eigenvalue weighted by Gasteiger charge is 2.33. The first-order valence-electron chi connectivity index (χ1n) is 11.9. The normalized spacial score (nSPS) is 16.1. The van der Waals surface area contributed by atoms with Crippen LogP contribution in [-0.4, -0.2) is 40.3 Å². The molecule has 0 atom stereocenters. The zero-order chi connectivity index (χ0) is 24.9. The maximum absolute atomic E-state index is 13.6. The zero-order valence-corrected chi connectivity index (χ0v) is 20.7. The number of amides is 1. The van der Waals surface area contributed by atoms with E-state index in [1.807, 2.05) is 73.8 Å². The van der Waals surface area contributed by atoms with Gasteiger partial charge in [-0.2, -0.15) is 0 Å². The molecule has 4 aromatic rings. The number of carbonyl (C=O) groups excluding carboxylic acids is 1. The second-order valence-corrected chi connectivity index (χ2v) is 9.40. The number of nitrogens with zero attached hydrogens (tertiary/aromatic N) is 3. The summed E-state index contributed by atoms with van der Waals surface area (Å²) in [5.41, 5.74) is 3.70. The molecule has 7 heteroatoms. The SMILES string of the molecule is CCOCCN1C(=O)/C(=C\c2ccc3c(ccn3Cc3cccc(F)c3)c2)SC1=Nc1ccccc1. The van der Waals surface area contributed by atoms with E-state index in [1.165, 1.54) is 17.8 Å². The molecule has 1 aromatic heterocycles. The summed E-state index contributed by atoms with van der Waals surface area (Å²) in [5, 5.41) is 1.71. The van der Waals surface area contributed by atoms with Crippen molar-refractivity contribution in [1.82, 2.24) is 9.47 Å². The first-order chi connectivity index (χ1) is 17.6. The molecular weight excluding hydrogens is 473 g/mol. The third-order valence-corrected chi connectivity index (χ3v) is 6.87. The molecule has 5 rings (SSSR count). The van der Waals surface area contributed by atoms with E-state index in [4.69, 9.17) is 9.73 Å². The van der Waals surface area contributed by atoms with Crippen LogP contribution in [0, 0.1) is 5.82 Å². The molecular formula is C29H26FN3O2S. The molecule has 36 heavy (non-hydrogen) atoms. The molecule has 0 N–H and O–H groups in total. The summed E-state index contributed by atoms with van der Waals surface area (Å²) in [5.74, 6) is -0.305. The van der Waals surface area contributed by atoms with Crippen LogP contribution < -0.4 is 0 Å². The Labute approximate surface area is 213 Å². The topological polar surface area (TPSA) is 46.8 Å². The maximum Gasteiger partial charge on any atom is 0.266 e. The second-order valence-electron chi connectivity index (χ2n) is 8.39. The van der Waals surface area contributed by atoms with Crippen molar-refractivity contribution in [2.24, 2.45) is 4.99 Å². The van der Waals surface area contributed by atoms with Crippen molar-refractivity contribution in [2.75, 3.05) is 19.8 Å². The number of carbonyl (C=O) groups is 1. The second kappa shape index (κ2) is 10.9. The van der Waals surface area contributed by atoms with Crippen LogP contribution in [0.2, 0.25) is 0 Å². The van der Waals surface area contributed by atoms with Crippen LogP contribution in [0.4, 0.5) is 10.1 Å². The number of hydrogen-bond donors (Lipinski definition) is 0. The number of fused-ring (bicyclic) bond motifs is 1. The summed E-state index contributed by atoms with van der Waals surface area (Å²) in [6, 6.07) is 24.4. The highest BCUT2D eigenvalue weighted by Crippen LogP contribution is 2.34. The van der Waals surface area contributed by atoms with Crippen molar-refractivity contribution in [3.05, 3.63) is 107 Å². The highest BCUT2D eigenvalue weighted by molar-refractivity contribution is 8.18. The minimum atomic E-state index is -0.234. The van der Waals surface area contributed by atoms with Gasteiger partial charge in [-0.1, -0.05) is 36.4 Å². The Morgan fingerprint density at radius 3 is 2.69 bits per heavy atom. The van der Waals surface area contributed by atoms with Crippen LogP contribution in [0.3, 0.4) is 0 Å². The Morgan fingerprint density at radius 1 is 1.03 bits per heavy atom. The molecule has 1 aliphatic heterocycles. The minimum Gasteiger partial charge on any atom is -0.380 e. The molecule has 1 saturated heterocycles. The quantitative estimate of drug-likeness (QED) is 0.206. The van der Waals surface area contributed by atoms with E-state index in [2.05, 4.69) is 10.6 Å². The molecule has 182 valence electrons. The smallest absolute Gasteiger partial charge is 0.266 e. The average Bonchev–Trinajstić information content (AvgIpc) is 3.40. The third kappa shape index (κ3) is 5.42. The van der Waals surface area contributed by atoms with Crippen LogP contribution in [0.5, 0.6) is 0 Å². The monoisotopic (exact) mass is 499 g/mol. The molecule has 2 heterocycles. The van der Waals surface area contributed by atoms with Gasteiger partial charge in [-0.05, 0) is 78.4 Å². The number of aliphatic imine (C=N–C) groups is 1. The van der Waals surface area contributed by atoms with E-state index in [0.29, 0.717) is 36.4 Å². The number of para-hydroxylation sites is 1. The van der Waals surface area contributed by atoms with Gasteiger partial charge in [0.05, 0.1) is 23.7 Å². The fourth-order valence-corrected chi connectivity index (χ4v) is 5.16. The Bertz CT molecular complexity index is 1450. The van der Waals surface area contributed by atoms with Crippen LogP contribution in [0.15, 0.2) is 95.0 Å². The van der Waals surface area contributed by atoms with E-state index in [0.717, 1.165) is 27.7 Å². The van der Waals surface area contributed by atoms with Crippen LogP contribution in [-0.2, 0) is 16.1 Å². The molecule has 1 fully saturated rings. The molecule has 0 spiro atoms. The number of thioether (sulfide) groups is 1. The highest BCUT2D eigenvalue weighted by atomic mass is 32.2. The van der Waals surface area contributed by atoms with Crippen molar-refractivity contribution in [3.63, 3.8) is 0 Å². The van der Waals surface area contributed by atoms with Crippen molar-refractivity contribution >= 4 is 45.5 Å². The molecule has 0 radical (unpaired) electrons. The van der Waals surface area contributed by atoms with Gasteiger partial charge in [-0.25, -0.2) is 9.38 Å². The van der Waals surface area contributed by atoms with Gasteiger partial charge in [0.15, 0.2) is 5.17 Å². The van der Waals surface area contributed by atoms with Gasteiger partial charge in [0, 0.05) is 30.3 Å². The van der Waals surface area contributed by atoms with Crippen molar-refractivity contribution in [3.8, 4) is 0 Å². The van der Waals surface area contributed by atoms with Crippen LogP contribution in [0.25, 0.3) is 17.0 Å². The van der Waals surface area contributed by atoms with E-state index < -0.39 is 0 Å². The number of aromatic nitrogens is 1. The Hall–Kier alpha value is -3.68. The minimum absolute atomic E-state index is 0.0712. The molecule has 0 bridgehead atoms. The summed E-state index contributed by atoms with van der Waals surface area (Å²) in [6.45, 7) is 4.03. The van der Waals surface area contributed by atoms with Gasteiger partial charge in [0.1, 0.15) is 5.82 Å². The molecule has 3 aromatic carbocycles. The molecule has 0 unspecified atom stereocenters. The lowest BCUT2D eigenvalue weighted by Crippen LogP contribution is -2.32. The van der Waals surface area contributed by atoms with E-state index in [1.54, 1.807) is 17.0 Å². The Kier molecular flexibility index (Phi) is 7.30. The van der Waals surface area contributed by atoms with E-state index >= 15 is 0 Å². The maximum atomic E-state index is 13.6. The lowest BCUT2D eigenvalue weighted by Gasteiger charge is -2.15. The summed E-state index contributed by atoms with van der Waals surface area (Å²) < 4.78 is 21.2. The van der Waals surface area contributed by atoms with Gasteiger partial charge in [0.25, 0.3) is 5.91 Å². The number of hydrogen-bond acceptors (Lipinski definition) is 4. The number of ether oxygens (including phenoxy) is 1. The van der Waals surface area contributed by atoms with Crippen LogP contribution in [0.1, 0.15) is 18.1 Å². The lowest BCUT2D eigenvalue weighted by atomic mass is 10.1. The van der Waals surface area contributed by atoms with Crippen LogP contribution >= 0.6 is 11.8 Å². The number of amidine groups is 1. The summed E-state index contributed by atoms with van der Waals surface area (Å²) in [7, 11) is 0. The number of rotatable bonds is 8. The summed E-state index contributed by atoms with van der Waals surface area (Å²) in [6.07, 6.45) is 3.92. The van der Waals surface area contributed by atoms with Gasteiger partial charge in [-0.3, -0.25) is 9.69 Å². The molecule has 0 aliphatic carbocycles. The predicted molar refractivity (Wildman–Crippen MR) is 145 cm³/mol. The first kappa shape index (κ1) is 24.0. The zero-order valence-electron chi connectivity index (χ0n) is 19.9. The van der Waals surface area contributed by atoms with E-state index in [9.17, 15) is 9.18 Å². The standard InChI is InChI=1S/C29H26FN3O2S/c1-2-35-16-15-33-28(34)27(36-29(33)31-25-9-4-3-5-10-25)19-21-11-12-26-23(17-21)13-14-32(26)20-22-7-6-8-24(30)18-22/h3-14,17-19H,2,15-16,20H2,1H3/b27-19+,31-29?. The lowest BCUT2D eigenvalue weighted by molar-refractivity contribution is -0.122. The predicted octanol–water partition coefficient (Wildman–Crippen LogP) is 6.47. The Balaban J connectivity index is 1.40. The molecule has 1 aliphatic rings.